The van der Waals surface area contributed by atoms with E-state index in [2.05, 4.69) is 9.97 Å². The number of benzene rings is 1. The molecule has 1 saturated carbocycles. The van der Waals surface area contributed by atoms with Gasteiger partial charge in [0, 0.05) is 18.0 Å². The summed E-state index contributed by atoms with van der Waals surface area (Å²) in [6, 6.07) is 5.03. The highest BCUT2D eigenvalue weighted by Gasteiger charge is 2.22. The second-order valence-electron chi connectivity index (χ2n) is 6.84. The van der Waals surface area contributed by atoms with Gasteiger partial charge in [-0.25, -0.2) is 4.98 Å². The molecule has 0 atom stereocenters. The molecule has 3 rings (SSSR count). The van der Waals surface area contributed by atoms with Crippen molar-refractivity contribution in [3.8, 4) is 0 Å². The van der Waals surface area contributed by atoms with Crippen molar-refractivity contribution >= 4 is 28.4 Å². The highest BCUT2D eigenvalue weighted by Crippen LogP contribution is 2.28. The van der Waals surface area contributed by atoms with Crippen molar-refractivity contribution in [2.45, 2.75) is 52.0 Å². The fraction of sp³-hybridized carbons (Fsp3) is 0.526. The quantitative estimate of drug-likeness (QED) is 0.848. The topological polar surface area (TPSA) is 66.1 Å². The van der Waals surface area contributed by atoms with E-state index in [0.717, 1.165) is 19.3 Å². The van der Waals surface area contributed by atoms with Gasteiger partial charge in [-0.15, -0.1) is 0 Å². The molecule has 0 unspecified atom stereocenters. The van der Waals surface area contributed by atoms with Crippen molar-refractivity contribution in [1.29, 1.82) is 0 Å². The van der Waals surface area contributed by atoms with E-state index in [1.807, 2.05) is 11.8 Å². The predicted molar refractivity (Wildman–Crippen MR) is 99.7 cm³/mol. The Balaban J connectivity index is 1.80. The molecule has 5 nitrogen and oxygen atoms in total. The van der Waals surface area contributed by atoms with E-state index >= 15 is 0 Å². The van der Waals surface area contributed by atoms with Crippen molar-refractivity contribution < 1.29 is 4.79 Å². The molecule has 0 spiro atoms. The average Bonchev–Trinajstić information content (AvgIpc) is 3.07. The summed E-state index contributed by atoms with van der Waals surface area (Å²) in [6.45, 7) is 3.05. The van der Waals surface area contributed by atoms with Gasteiger partial charge in [-0.1, -0.05) is 31.4 Å². The molecule has 1 aliphatic rings. The normalized spacial score (nSPS) is 15.0. The van der Waals surface area contributed by atoms with E-state index in [1.165, 1.54) is 12.8 Å². The summed E-state index contributed by atoms with van der Waals surface area (Å²) >= 11 is 6.01. The van der Waals surface area contributed by atoms with Crippen LogP contribution in [0, 0.1) is 5.92 Å². The third kappa shape index (κ3) is 4.40. The number of aromatic nitrogens is 2. The number of amides is 1. The number of aromatic amines is 1. The molecule has 1 aliphatic carbocycles. The molecule has 0 radical (unpaired) electrons. The molecule has 1 N–H and O–H groups in total. The lowest BCUT2D eigenvalue weighted by atomic mass is 10.0. The molecule has 0 saturated heterocycles. The maximum Gasteiger partial charge on any atom is 0.258 e. The fourth-order valence-electron chi connectivity index (χ4n) is 3.57. The first kappa shape index (κ1) is 17.9. The minimum Gasteiger partial charge on any atom is -0.335 e. The lowest BCUT2D eigenvalue weighted by Gasteiger charge is -2.23. The Morgan fingerprint density at radius 1 is 1.36 bits per heavy atom. The lowest BCUT2D eigenvalue weighted by molar-refractivity contribution is -0.133. The summed E-state index contributed by atoms with van der Waals surface area (Å²) < 4.78 is 0. The molecule has 2 aromatic rings. The van der Waals surface area contributed by atoms with E-state index in [4.69, 9.17) is 11.6 Å². The van der Waals surface area contributed by atoms with Crippen molar-refractivity contribution in [2.24, 2.45) is 5.92 Å². The van der Waals surface area contributed by atoms with Crippen LogP contribution in [-0.2, 0) is 11.3 Å². The third-order valence-electron chi connectivity index (χ3n) is 4.84. The van der Waals surface area contributed by atoms with Crippen LogP contribution >= 0.6 is 11.6 Å². The zero-order valence-corrected chi connectivity index (χ0v) is 15.3. The summed E-state index contributed by atoms with van der Waals surface area (Å²) in [7, 11) is 0. The van der Waals surface area contributed by atoms with Crippen LogP contribution in [0.5, 0.6) is 0 Å². The van der Waals surface area contributed by atoms with Crippen LogP contribution in [0.15, 0.2) is 23.0 Å². The molecule has 6 heteroatoms. The van der Waals surface area contributed by atoms with Gasteiger partial charge in [-0.3, -0.25) is 9.59 Å². The first-order valence-corrected chi connectivity index (χ1v) is 9.41. The Kier molecular flexibility index (Phi) is 5.74. The highest BCUT2D eigenvalue weighted by atomic mass is 35.5. The van der Waals surface area contributed by atoms with Crippen LogP contribution in [0.3, 0.4) is 0 Å². The Bertz CT molecular complexity index is 812. The number of halogens is 1. The zero-order valence-electron chi connectivity index (χ0n) is 14.6. The smallest absolute Gasteiger partial charge is 0.258 e. The molecule has 0 bridgehead atoms. The first-order valence-electron chi connectivity index (χ1n) is 9.03. The third-order valence-corrected chi connectivity index (χ3v) is 5.08. The standard InChI is InChI=1S/C19H24ClN3O2/c1-2-9-23(18(24)10-13-5-3-4-6-13)12-17-21-16-11-14(20)7-8-15(16)19(25)22-17/h7-8,11,13H,2-6,9-10,12H2,1H3,(H,21,22,25). The summed E-state index contributed by atoms with van der Waals surface area (Å²) in [4.78, 5) is 34.1. The Labute approximate surface area is 152 Å². The van der Waals surface area contributed by atoms with E-state index in [-0.39, 0.29) is 11.5 Å². The zero-order chi connectivity index (χ0) is 17.8. The van der Waals surface area contributed by atoms with Gasteiger partial charge in [-0.05, 0) is 43.4 Å². The van der Waals surface area contributed by atoms with Gasteiger partial charge >= 0.3 is 0 Å². The number of rotatable bonds is 6. The first-order chi connectivity index (χ1) is 12.1. The molecule has 0 aliphatic heterocycles. The summed E-state index contributed by atoms with van der Waals surface area (Å²) in [5.74, 6) is 1.17. The number of hydrogen-bond donors (Lipinski definition) is 1. The molecule has 1 aromatic carbocycles. The van der Waals surface area contributed by atoms with E-state index < -0.39 is 0 Å². The minimum atomic E-state index is -0.198. The summed E-state index contributed by atoms with van der Waals surface area (Å²) in [5.41, 5.74) is 0.363. The van der Waals surface area contributed by atoms with Crippen molar-refractivity contribution in [1.82, 2.24) is 14.9 Å². The number of H-pyrrole nitrogens is 1. The molecule has 1 heterocycles. The second-order valence-corrected chi connectivity index (χ2v) is 7.28. The number of nitrogens with zero attached hydrogens (tertiary/aromatic N) is 2. The van der Waals surface area contributed by atoms with E-state index in [9.17, 15) is 9.59 Å². The Morgan fingerprint density at radius 3 is 2.84 bits per heavy atom. The number of carbonyl (C=O) groups excluding carboxylic acids is 1. The molecule has 134 valence electrons. The molecule has 1 fully saturated rings. The van der Waals surface area contributed by atoms with E-state index in [1.54, 1.807) is 18.2 Å². The second kappa shape index (κ2) is 8.00. The van der Waals surface area contributed by atoms with Crippen LogP contribution in [0.4, 0.5) is 0 Å². The monoisotopic (exact) mass is 361 g/mol. The number of carbonyl (C=O) groups is 1. The van der Waals surface area contributed by atoms with Crippen LogP contribution in [-0.4, -0.2) is 27.3 Å². The molecular weight excluding hydrogens is 338 g/mol. The maximum absolute atomic E-state index is 12.7. The number of hydrogen-bond acceptors (Lipinski definition) is 3. The van der Waals surface area contributed by atoms with Crippen LogP contribution in [0.25, 0.3) is 10.9 Å². The lowest BCUT2D eigenvalue weighted by Crippen LogP contribution is -2.33. The van der Waals surface area contributed by atoms with Gasteiger partial charge in [0.05, 0.1) is 17.4 Å². The van der Waals surface area contributed by atoms with Gasteiger partial charge in [0.1, 0.15) is 5.82 Å². The Morgan fingerprint density at radius 2 is 2.12 bits per heavy atom. The van der Waals surface area contributed by atoms with E-state index in [0.29, 0.717) is 47.2 Å². The van der Waals surface area contributed by atoms with Crippen molar-refractivity contribution in [3.05, 3.63) is 39.4 Å². The van der Waals surface area contributed by atoms with Gasteiger partial charge in [0.25, 0.3) is 5.56 Å². The number of fused-ring (bicyclic) bond motifs is 1. The fourth-order valence-corrected chi connectivity index (χ4v) is 3.74. The predicted octanol–water partition coefficient (Wildman–Crippen LogP) is 3.90. The SMILES string of the molecule is CCCN(Cc1nc2cc(Cl)ccc2c(=O)[nH]1)C(=O)CC1CCCC1. The molecular formula is C19H24ClN3O2. The molecule has 1 amide bonds. The number of nitrogens with one attached hydrogen (secondary N) is 1. The van der Waals surface area contributed by atoms with Crippen LogP contribution in [0.1, 0.15) is 51.3 Å². The van der Waals surface area contributed by atoms with Gasteiger partial charge in [0.15, 0.2) is 0 Å². The maximum atomic E-state index is 12.7. The van der Waals surface area contributed by atoms with Gasteiger partial charge in [0.2, 0.25) is 5.91 Å². The summed E-state index contributed by atoms with van der Waals surface area (Å²) in [5, 5.41) is 1.05. The Hall–Kier alpha value is -1.88. The molecule has 1 aromatic heterocycles. The molecule has 25 heavy (non-hydrogen) atoms. The van der Waals surface area contributed by atoms with Crippen molar-refractivity contribution in [2.75, 3.05) is 6.54 Å². The van der Waals surface area contributed by atoms with Crippen molar-refractivity contribution in [3.63, 3.8) is 0 Å². The van der Waals surface area contributed by atoms with Crippen LogP contribution < -0.4 is 5.56 Å². The minimum absolute atomic E-state index is 0.155. The highest BCUT2D eigenvalue weighted by molar-refractivity contribution is 6.31. The summed E-state index contributed by atoms with van der Waals surface area (Å²) in [6.07, 6.45) is 6.23. The average molecular weight is 362 g/mol. The van der Waals surface area contributed by atoms with Gasteiger partial charge < -0.3 is 9.88 Å². The largest absolute Gasteiger partial charge is 0.335 e. The van der Waals surface area contributed by atoms with Gasteiger partial charge in [-0.2, -0.15) is 0 Å². The van der Waals surface area contributed by atoms with Crippen LogP contribution in [0.2, 0.25) is 5.02 Å².